The number of allylic oxidation sites excluding steroid dienone is 1. The molecular weight excluding hydrogens is 311 g/mol. The van der Waals surface area contributed by atoms with E-state index in [0.717, 1.165) is 6.42 Å². The molecule has 144 valence electrons. The Morgan fingerprint density at radius 3 is 1.92 bits per heavy atom. The van der Waals surface area contributed by atoms with Gasteiger partial charge in [-0.2, -0.15) is 5.10 Å². The molecule has 0 bridgehead atoms. The van der Waals surface area contributed by atoms with Gasteiger partial charge in [0.15, 0.2) is 0 Å². The molecule has 3 atom stereocenters. The molecule has 1 heterocycles. The standard InChI is InChI=1S/C20H39BN2O2/c1-12-13-17(21-24-19(6,7)20(8,9)25-21)15(4)16(5)18(14(2)3)22-23(10)11/h12,14-17H,1,13H2,2-11H3/b22-18+. The van der Waals surface area contributed by atoms with Gasteiger partial charge in [0, 0.05) is 25.6 Å². The van der Waals surface area contributed by atoms with Gasteiger partial charge in [-0.05, 0) is 51.9 Å². The summed E-state index contributed by atoms with van der Waals surface area (Å²) < 4.78 is 12.7. The highest BCUT2D eigenvalue weighted by Gasteiger charge is 2.54. The van der Waals surface area contributed by atoms with Crippen LogP contribution >= 0.6 is 0 Å². The van der Waals surface area contributed by atoms with Crippen LogP contribution in [0.25, 0.3) is 0 Å². The molecule has 4 nitrogen and oxygen atoms in total. The van der Waals surface area contributed by atoms with Crippen LogP contribution < -0.4 is 0 Å². The first-order valence-corrected chi connectivity index (χ1v) is 9.56. The van der Waals surface area contributed by atoms with E-state index in [2.05, 4.69) is 62.0 Å². The lowest BCUT2D eigenvalue weighted by molar-refractivity contribution is 0.00578. The lowest BCUT2D eigenvalue weighted by Crippen LogP contribution is -2.41. The van der Waals surface area contributed by atoms with E-state index in [4.69, 9.17) is 14.4 Å². The molecule has 3 unspecified atom stereocenters. The molecule has 0 amide bonds. The Labute approximate surface area is 156 Å². The third-order valence-electron chi connectivity index (χ3n) is 5.90. The van der Waals surface area contributed by atoms with Crippen molar-refractivity contribution in [3.63, 3.8) is 0 Å². The predicted octanol–water partition coefficient (Wildman–Crippen LogP) is 4.87. The molecule has 1 aliphatic heterocycles. The van der Waals surface area contributed by atoms with Crippen LogP contribution in [0.15, 0.2) is 17.8 Å². The highest BCUT2D eigenvalue weighted by atomic mass is 16.7. The van der Waals surface area contributed by atoms with Gasteiger partial charge in [-0.3, -0.25) is 0 Å². The summed E-state index contributed by atoms with van der Waals surface area (Å²) in [5.41, 5.74) is 0.611. The third kappa shape index (κ3) is 5.10. The Kier molecular flexibility index (Phi) is 7.35. The Hall–Kier alpha value is -0.805. The molecule has 0 radical (unpaired) electrons. The third-order valence-corrected chi connectivity index (χ3v) is 5.90. The van der Waals surface area contributed by atoms with E-state index in [9.17, 15) is 0 Å². The van der Waals surface area contributed by atoms with Crippen molar-refractivity contribution in [2.45, 2.75) is 78.8 Å². The van der Waals surface area contributed by atoms with Crippen molar-refractivity contribution in [3.05, 3.63) is 12.7 Å². The van der Waals surface area contributed by atoms with E-state index in [1.165, 1.54) is 5.71 Å². The quantitative estimate of drug-likeness (QED) is 0.271. The SMILES string of the molecule is C=CCC(B1OC(C)(C)C(C)(C)O1)C(C)C(C)/C(=N/N(C)C)C(C)C. The maximum absolute atomic E-state index is 6.35. The summed E-state index contributed by atoms with van der Waals surface area (Å²) in [6, 6.07) is 0. The van der Waals surface area contributed by atoms with E-state index in [0.29, 0.717) is 17.8 Å². The van der Waals surface area contributed by atoms with Gasteiger partial charge < -0.3 is 14.3 Å². The minimum Gasteiger partial charge on any atom is -0.403 e. The monoisotopic (exact) mass is 350 g/mol. The molecular formula is C20H39BN2O2. The molecule has 1 saturated heterocycles. The molecule has 0 aromatic carbocycles. The lowest BCUT2D eigenvalue weighted by Gasteiger charge is -2.32. The molecule has 5 heteroatoms. The zero-order chi connectivity index (χ0) is 19.6. The van der Waals surface area contributed by atoms with Crippen LogP contribution in [-0.4, -0.2) is 43.1 Å². The number of hydrogen-bond donors (Lipinski definition) is 0. The van der Waals surface area contributed by atoms with Crippen molar-refractivity contribution >= 4 is 12.8 Å². The Morgan fingerprint density at radius 2 is 1.56 bits per heavy atom. The van der Waals surface area contributed by atoms with Gasteiger partial charge in [0.05, 0.1) is 11.2 Å². The highest BCUT2D eigenvalue weighted by Crippen LogP contribution is 2.44. The van der Waals surface area contributed by atoms with Crippen molar-refractivity contribution < 1.29 is 9.31 Å². The smallest absolute Gasteiger partial charge is 0.403 e. The zero-order valence-electron chi connectivity index (χ0n) is 18.1. The summed E-state index contributed by atoms with van der Waals surface area (Å²) in [4.78, 5) is 0. The van der Waals surface area contributed by atoms with Crippen LogP contribution in [0.5, 0.6) is 0 Å². The fraction of sp³-hybridized carbons (Fsp3) is 0.850. The largest absolute Gasteiger partial charge is 0.461 e. The van der Waals surface area contributed by atoms with Crippen LogP contribution in [0.3, 0.4) is 0 Å². The normalized spacial score (nSPS) is 23.5. The van der Waals surface area contributed by atoms with Crippen LogP contribution in [0, 0.1) is 17.8 Å². The lowest BCUT2D eigenvalue weighted by atomic mass is 9.60. The first-order chi connectivity index (χ1) is 11.3. The van der Waals surface area contributed by atoms with Gasteiger partial charge in [0.25, 0.3) is 0 Å². The fourth-order valence-electron chi connectivity index (χ4n) is 3.43. The second kappa shape index (κ2) is 8.26. The minimum absolute atomic E-state index is 0.215. The minimum atomic E-state index is -0.307. The number of nitrogens with zero attached hydrogens (tertiary/aromatic N) is 2. The van der Waals surface area contributed by atoms with Crippen LogP contribution in [0.4, 0.5) is 0 Å². The summed E-state index contributed by atoms with van der Waals surface area (Å²) in [5.74, 6) is 1.36. The van der Waals surface area contributed by atoms with Crippen molar-refractivity contribution in [3.8, 4) is 0 Å². The molecule has 1 fully saturated rings. The molecule has 0 saturated carbocycles. The van der Waals surface area contributed by atoms with Gasteiger partial charge in [0.2, 0.25) is 0 Å². The predicted molar refractivity (Wildman–Crippen MR) is 109 cm³/mol. The first-order valence-electron chi connectivity index (χ1n) is 9.56. The molecule has 1 rings (SSSR count). The van der Waals surface area contributed by atoms with Gasteiger partial charge >= 0.3 is 7.12 Å². The van der Waals surface area contributed by atoms with Gasteiger partial charge in [0.1, 0.15) is 0 Å². The summed E-state index contributed by atoms with van der Waals surface area (Å²) in [6.07, 6.45) is 2.85. The van der Waals surface area contributed by atoms with Crippen LogP contribution in [0.2, 0.25) is 5.82 Å². The van der Waals surface area contributed by atoms with E-state index in [1.807, 2.05) is 25.2 Å². The van der Waals surface area contributed by atoms with Gasteiger partial charge in [-0.25, -0.2) is 0 Å². The summed E-state index contributed by atoms with van der Waals surface area (Å²) in [7, 11) is 3.75. The van der Waals surface area contributed by atoms with Gasteiger partial charge in [-0.1, -0.05) is 33.8 Å². The Bertz CT molecular complexity index is 470. The van der Waals surface area contributed by atoms with E-state index >= 15 is 0 Å². The summed E-state index contributed by atoms with van der Waals surface area (Å²) in [5, 5.41) is 6.66. The molecule has 0 aromatic heterocycles. The number of rotatable bonds is 8. The van der Waals surface area contributed by atoms with E-state index in [1.54, 1.807) is 0 Å². The highest BCUT2D eigenvalue weighted by molar-refractivity contribution is 6.47. The van der Waals surface area contributed by atoms with Crippen LogP contribution in [0.1, 0.15) is 61.8 Å². The average Bonchev–Trinajstić information content (AvgIpc) is 2.68. The maximum Gasteiger partial charge on any atom is 0.461 e. The zero-order valence-corrected chi connectivity index (χ0v) is 18.1. The molecule has 0 N–H and O–H groups in total. The van der Waals surface area contributed by atoms with Crippen molar-refractivity contribution in [1.82, 2.24) is 5.01 Å². The Morgan fingerprint density at radius 1 is 1.08 bits per heavy atom. The molecule has 0 aromatic rings. The van der Waals surface area contributed by atoms with Crippen molar-refractivity contribution in [1.29, 1.82) is 0 Å². The number of hydrazone groups is 1. The van der Waals surface area contributed by atoms with Crippen molar-refractivity contribution in [2.75, 3.05) is 14.1 Å². The second-order valence-corrected chi connectivity index (χ2v) is 8.99. The van der Waals surface area contributed by atoms with Crippen molar-refractivity contribution in [2.24, 2.45) is 22.9 Å². The number of hydrogen-bond acceptors (Lipinski definition) is 4. The molecule has 0 aliphatic carbocycles. The summed E-state index contributed by atoms with van der Waals surface area (Å²) >= 11 is 0. The van der Waals surface area contributed by atoms with Gasteiger partial charge in [-0.15, -0.1) is 6.58 Å². The average molecular weight is 350 g/mol. The topological polar surface area (TPSA) is 34.1 Å². The second-order valence-electron chi connectivity index (χ2n) is 8.99. The first kappa shape index (κ1) is 22.2. The molecule has 0 spiro atoms. The fourth-order valence-corrected chi connectivity index (χ4v) is 3.43. The maximum atomic E-state index is 6.35. The van der Waals surface area contributed by atoms with E-state index in [-0.39, 0.29) is 24.1 Å². The van der Waals surface area contributed by atoms with E-state index < -0.39 is 0 Å². The summed E-state index contributed by atoms with van der Waals surface area (Å²) in [6.45, 7) is 21.4. The Balaban J connectivity index is 3.08. The molecule has 1 aliphatic rings. The van der Waals surface area contributed by atoms with Crippen LogP contribution in [-0.2, 0) is 9.31 Å². The molecule has 25 heavy (non-hydrogen) atoms.